The smallest absolute Gasteiger partial charge is 0.271 e. The first-order valence-corrected chi connectivity index (χ1v) is 7.75. The molecule has 1 aliphatic rings. The van der Waals surface area contributed by atoms with Gasteiger partial charge in [-0.05, 0) is 0 Å². The Morgan fingerprint density at radius 3 is 2.63 bits per heavy atom. The van der Waals surface area contributed by atoms with E-state index in [2.05, 4.69) is 27.1 Å². The Kier molecular flexibility index (Phi) is 3.84. The Morgan fingerprint density at radius 2 is 2.16 bits per heavy atom. The predicted octanol–water partition coefficient (Wildman–Crippen LogP) is 0.0410. The number of nitrogens with one attached hydrogen (secondary N) is 1. The minimum absolute atomic E-state index is 0.0841. The summed E-state index contributed by atoms with van der Waals surface area (Å²) in [6.45, 7) is 3.76. The van der Waals surface area contributed by atoms with Gasteiger partial charge < -0.3 is 10.2 Å². The first-order chi connectivity index (χ1) is 8.93. The van der Waals surface area contributed by atoms with E-state index in [4.69, 9.17) is 0 Å². The molecule has 1 saturated heterocycles. The molecule has 1 aromatic heterocycles. The second kappa shape index (κ2) is 5.24. The lowest BCUT2D eigenvalue weighted by molar-refractivity contribution is 0.0957. The average Bonchev–Trinajstić information content (AvgIpc) is 2.34. The van der Waals surface area contributed by atoms with E-state index in [0.29, 0.717) is 11.4 Å². The highest BCUT2D eigenvalue weighted by Gasteiger charge is 2.40. The van der Waals surface area contributed by atoms with E-state index in [0.717, 1.165) is 18.9 Å². The number of carbonyl (C=O) groups is 1. The summed E-state index contributed by atoms with van der Waals surface area (Å²) in [6.07, 6.45) is 4.81. The number of nitrogens with zero attached hydrogens (tertiary/aromatic N) is 3. The van der Waals surface area contributed by atoms with E-state index in [1.54, 1.807) is 19.5 Å². The Morgan fingerprint density at radius 1 is 1.47 bits per heavy atom. The monoisotopic (exact) mass is 282 g/mol. The largest absolute Gasteiger partial charge is 0.354 e. The van der Waals surface area contributed by atoms with Crippen molar-refractivity contribution in [2.75, 3.05) is 37.0 Å². The normalized spacial score (nSPS) is 18.6. The maximum Gasteiger partial charge on any atom is 0.271 e. The molecule has 1 N–H and O–H groups in total. The van der Waals surface area contributed by atoms with Crippen LogP contribution in [0.1, 0.15) is 17.4 Å². The van der Waals surface area contributed by atoms with Gasteiger partial charge in [0.15, 0.2) is 0 Å². The fourth-order valence-electron chi connectivity index (χ4n) is 2.35. The van der Waals surface area contributed by atoms with Crippen molar-refractivity contribution < 1.29 is 9.00 Å². The fraction of sp³-hybridized carbons (Fsp3) is 0.583. The maximum absolute atomic E-state index is 11.3. The minimum atomic E-state index is -0.782. The number of hydrogen-bond acceptors (Lipinski definition) is 5. The molecular formula is C12H18N4O2S. The lowest BCUT2D eigenvalue weighted by Crippen LogP contribution is -2.57. The number of rotatable bonds is 4. The van der Waals surface area contributed by atoms with Gasteiger partial charge in [-0.3, -0.25) is 9.00 Å². The van der Waals surface area contributed by atoms with E-state index < -0.39 is 10.8 Å². The predicted molar refractivity (Wildman–Crippen MR) is 74.7 cm³/mol. The van der Waals surface area contributed by atoms with Crippen LogP contribution >= 0.6 is 0 Å². The molecule has 1 atom stereocenters. The van der Waals surface area contributed by atoms with Crippen LogP contribution in [0.25, 0.3) is 0 Å². The summed E-state index contributed by atoms with van der Waals surface area (Å²) in [7, 11) is 0.777. The van der Waals surface area contributed by atoms with Crippen LogP contribution in [0.4, 0.5) is 5.82 Å². The van der Waals surface area contributed by atoms with Crippen LogP contribution < -0.4 is 10.2 Å². The standard InChI is InChI=1S/C12H18N4O2S/c1-12(8-19(3)18)6-16(7-12)10-5-14-9(4-15-10)11(17)13-2/h4-5H,6-8H2,1-3H3,(H,13,17). The molecule has 1 fully saturated rings. The first-order valence-electron chi connectivity index (χ1n) is 6.03. The van der Waals surface area contributed by atoms with Gasteiger partial charge in [0.1, 0.15) is 11.5 Å². The molecule has 1 unspecified atom stereocenters. The van der Waals surface area contributed by atoms with Crippen molar-refractivity contribution >= 4 is 22.5 Å². The van der Waals surface area contributed by atoms with E-state index >= 15 is 0 Å². The van der Waals surface area contributed by atoms with E-state index in [9.17, 15) is 9.00 Å². The molecule has 1 amide bonds. The molecule has 0 saturated carbocycles. The molecule has 0 spiro atoms. The molecule has 2 heterocycles. The third-order valence-electron chi connectivity index (χ3n) is 3.12. The van der Waals surface area contributed by atoms with E-state index in [1.165, 1.54) is 6.20 Å². The van der Waals surface area contributed by atoms with E-state index in [1.807, 2.05) is 0 Å². The highest BCUT2D eigenvalue weighted by atomic mass is 32.2. The summed E-state index contributed by atoms with van der Waals surface area (Å²) in [5, 5.41) is 2.50. The van der Waals surface area contributed by atoms with Gasteiger partial charge in [-0.25, -0.2) is 9.97 Å². The maximum atomic E-state index is 11.3. The molecule has 19 heavy (non-hydrogen) atoms. The Labute approximate surface area is 115 Å². The van der Waals surface area contributed by atoms with Crippen LogP contribution in [-0.2, 0) is 10.8 Å². The molecule has 0 bridgehead atoms. The molecule has 6 nitrogen and oxygen atoms in total. The zero-order valence-corrected chi connectivity index (χ0v) is 12.2. The van der Waals surface area contributed by atoms with Crippen molar-refractivity contribution in [1.29, 1.82) is 0 Å². The van der Waals surface area contributed by atoms with Gasteiger partial charge in [0, 0.05) is 48.4 Å². The second-order valence-electron chi connectivity index (χ2n) is 5.22. The van der Waals surface area contributed by atoms with Crippen LogP contribution in [0.2, 0.25) is 0 Å². The summed E-state index contributed by atoms with van der Waals surface area (Å²) in [6, 6.07) is 0. The lowest BCUT2D eigenvalue weighted by Gasteiger charge is -2.48. The SMILES string of the molecule is CNC(=O)c1cnc(N2CC(C)(CS(C)=O)C2)cn1. The quantitative estimate of drug-likeness (QED) is 0.844. The minimum Gasteiger partial charge on any atom is -0.354 e. The molecule has 104 valence electrons. The number of aromatic nitrogens is 2. The number of hydrogen-bond donors (Lipinski definition) is 1. The van der Waals surface area contributed by atoms with E-state index in [-0.39, 0.29) is 11.3 Å². The first kappa shape index (κ1) is 13.9. The molecule has 0 aromatic carbocycles. The number of carbonyl (C=O) groups excluding carboxylic acids is 1. The van der Waals surface area contributed by atoms with Gasteiger partial charge >= 0.3 is 0 Å². The molecular weight excluding hydrogens is 264 g/mol. The van der Waals surface area contributed by atoms with Crippen LogP contribution in [0.5, 0.6) is 0 Å². The van der Waals surface area contributed by atoms with Crippen molar-refractivity contribution in [3.63, 3.8) is 0 Å². The Balaban J connectivity index is 1.98. The van der Waals surface area contributed by atoms with Crippen molar-refractivity contribution in [2.24, 2.45) is 5.41 Å². The van der Waals surface area contributed by atoms with Crippen LogP contribution in [-0.4, -0.2) is 52.2 Å². The third kappa shape index (κ3) is 3.09. The van der Waals surface area contributed by atoms with Crippen molar-refractivity contribution in [3.05, 3.63) is 18.1 Å². The zero-order chi connectivity index (χ0) is 14.0. The third-order valence-corrected chi connectivity index (χ3v) is 4.22. The van der Waals surface area contributed by atoms with Crippen LogP contribution in [0.15, 0.2) is 12.4 Å². The van der Waals surface area contributed by atoms with Crippen LogP contribution in [0.3, 0.4) is 0 Å². The van der Waals surface area contributed by atoms with Gasteiger partial charge in [0.2, 0.25) is 0 Å². The van der Waals surface area contributed by atoms with Crippen molar-refractivity contribution in [1.82, 2.24) is 15.3 Å². The van der Waals surface area contributed by atoms with Crippen molar-refractivity contribution in [3.8, 4) is 0 Å². The topological polar surface area (TPSA) is 75.2 Å². The Hall–Kier alpha value is -1.50. The molecule has 0 aliphatic carbocycles. The molecule has 0 radical (unpaired) electrons. The zero-order valence-electron chi connectivity index (χ0n) is 11.3. The van der Waals surface area contributed by atoms with Crippen LogP contribution in [0, 0.1) is 5.41 Å². The van der Waals surface area contributed by atoms with Gasteiger partial charge in [0.25, 0.3) is 5.91 Å². The number of anilines is 1. The highest BCUT2D eigenvalue weighted by molar-refractivity contribution is 7.84. The lowest BCUT2D eigenvalue weighted by atomic mass is 9.84. The molecule has 7 heteroatoms. The summed E-state index contributed by atoms with van der Waals surface area (Å²) in [5.41, 5.74) is 0.394. The second-order valence-corrected chi connectivity index (χ2v) is 6.66. The summed E-state index contributed by atoms with van der Waals surface area (Å²) in [5.74, 6) is 1.22. The Bertz CT molecular complexity index is 497. The molecule has 1 aliphatic heterocycles. The summed E-state index contributed by atoms with van der Waals surface area (Å²) in [4.78, 5) is 21.7. The molecule has 2 rings (SSSR count). The number of amides is 1. The summed E-state index contributed by atoms with van der Waals surface area (Å²) >= 11 is 0. The molecule has 1 aromatic rings. The van der Waals surface area contributed by atoms with Gasteiger partial charge in [-0.1, -0.05) is 6.92 Å². The highest BCUT2D eigenvalue weighted by Crippen LogP contribution is 2.33. The van der Waals surface area contributed by atoms with Gasteiger partial charge in [-0.15, -0.1) is 0 Å². The van der Waals surface area contributed by atoms with Gasteiger partial charge in [-0.2, -0.15) is 0 Å². The average molecular weight is 282 g/mol. The van der Waals surface area contributed by atoms with Crippen molar-refractivity contribution in [2.45, 2.75) is 6.92 Å². The fourth-order valence-corrected chi connectivity index (χ4v) is 3.51. The summed E-state index contributed by atoms with van der Waals surface area (Å²) < 4.78 is 11.3. The van der Waals surface area contributed by atoms with Gasteiger partial charge in [0.05, 0.1) is 12.4 Å².